The molecule has 7 nitrogen and oxygen atoms in total. The van der Waals surface area contributed by atoms with E-state index in [1.54, 1.807) is 0 Å². The van der Waals surface area contributed by atoms with Gasteiger partial charge in [0.15, 0.2) is 0 Å². The van der Waals surface area contributed by atoms with E-state index in [1.165, 1.54) is 23.0 Å². The van der Waals surface area contributed by atoms with E-state index in [4.69, 9.17) is 0 Å². The molecule has 31 heavy (non-hydrogen) atoms. The molecule has 0 atom stereocenters. The van der Waals surface area contributed by atoms with Gasteiger partial charge in [-0.15, -0.1) is 0 Å². The number of nitrogens with zero attached hydrogens (tertiary/aromatic N) is 4. The third-order valence-corrected chi connectivity index (χ3v) is 5.27. The third-order valence-electron chi connectivity index (χ3n) is 5.27. The Balaban J connectivity index is 1.45. The van der Waals surface area contributed by atoms with E-state index in [9.17, 15) is 14.0 Å². The van der Waals surface area contributed by atoms with Gasteiger partial charge in [0.1, 0.15) is 12.4 Å². The summed E-state index contributed by atoms with van der Waals surface area (Å²) in [4.78, 5) is 29.1. The summed E-state index contributed by atoms with van der Waals surface area (Å²) in [5, 5.41) is 7.57. The topological polar surface area (TPSA) is 81.8 Å². The summed E-state index contributed by atoms with van der Waals surface area (Å²) in [6.45, 7) is 4.62. The van der Waals surface area contributed by atoms with Crippen molar-refractivity contribution in [2.75, 3.05) is 0 Å². The predicted octanol–water partition coefficient (Wildman–Crippen LogP) is 2.71. The smallest absolute Gasteiger partial charge is 0.261 e. The molecule has 2 aromatic heterocycles. The van der Waals surface area contributed by atoms with Crippen LogP contribution in [0.25, 0.3) is 10.9 Å². The number of hydrogen-bond donors (Lipinski definition) is 1. The van der Waals surface area contributed by atoms with Gasteiger partial charge in [0, 0.05) is 17.8 Å². The van der Waals surface area contributed by atoms with Crippen molar-refractivity contribution in [3.8, 4) is 0 Å². The number of aryl methyl sites for hydroxylation is 1. The van der Waals surface area contributed by atoms with Crippen LogP contribution < -0.4 is 10.9 Å². The lowest BCUT2D eigenvalue weighted by atomic mass is 10.2. The first kappa shape index (κ1) is 20.5. The molecule has 4 rings (SSSR count). The lowest BCUT2D eigenvalue weighted by Crippen LogP contribution is -2.32. The van der Waals surface area contributed by atoms with Crippen LogP contribution in [0.15, 0.2) is 59.7 Å². The number of aromatic nitrogens is 4. The van der Waals surface area contributed by atoms with Gasteiger partial charge in [-0.1, -0.05) is 30.3 Å². The highest BCUT2D eigenvalue weighted by Gasteiger charge is 2.14. The number of rotatable bonds is 6. The maximum Gasteiger partial charge on any atom is 0.261 e. The fraction of sp³-hybridized carbons (Fsp3) is 0.217. The van der Waals surface area contributed by atoms with Gasteiger partial charge in [-0.25, -0.2) is 9.37 Å². The number of hydrogen-bond acceptors (Lipinski definition) is 4. The first-order valence-electron chi connectivity index (χ1n) is 9.90. The second-order valence-electron chi connectivity index (χ2n) is 7.41. The molecule has 2 heterocycles. The van der Waals surface area contributed by atoms with Crippen molar-refractivity contribution < 1.29 is 9.18 Å². The Hall–Kier alpha value is -3.81. The minimum absolute atomic E-state index is 0.143. The predicted molar refractivity (Wildman–Crippen MR) is 115 cm³/mol. The molecule has 0 spiro atoms. The maximum atomic E-state index is 13.5. The molecule has 0 unspecified atom stereocenters. The molecule has 0 aliphatic rings. The number of amides is 1. The first-order chi connectivity index (χ1) is 14.9. The fourth-order valence-electron chi connectivity index (χ4n) is 3.54. The summed E-state index contributed by atoms with van der Waals surface area (Å²) < 4.78 is 16.6. The minimum atomic E-state index is -0.521. The van der Waals surface area contributed by atoms with E-state index >= 15 is 0 Å². The van der Waals surface area contributed by atoms with Crippen molar-refractivity contribution >= 4 is 16.8 Å². The molecule has 1 N–H and O–H groups in total. The standard InChI is InChI=1S/C23H22FN5O2/c1-15-20(16(2)29(27-15)12-17-6-4-3-5-7-17)11-25-22(30)13-28-14-26-21-9-8-18(24)10-19(21)23(28)31/h3-10,14H,11-13H2,1-2H3,(H,25,30). The summed E-state index contributed by atoms with van der Waals surface area (Å²) >= 11 is 0. The number of carbonyl (C=O) groups is 1. The largest absolute Gasteiger partial charge is 0.350 e. The van der Waals surface area contributed by atoms with E-state index in [0.717, 1.165) is 28.6 Å². The molecule has 0 aliphatic carbocycles. The van der Waals surface area contributed by atoms with Crippen molar-refractivity contribution in [3.63, 3.8) is 0 Å². The van der Waals surface area contributed by atoms with Crippen LogP contribution in [0.2, 0.25) is 0 Å². The van der Waals surface area contributed by atoms with Gasteiger partial charge in [-0.05, 0) is 37.6 Å². The van der Waals surface area contributed by atoms with Crippen molar-refractivity contribution in [2.24, 2.45) is 0 Å². The Morgan fingerprint density at radius 3 is 2.68 bits per heavy atom. The van der Waals surface area contributed by atoms with Crippen LogP contribution in [0.1, 0.15) is 22.5 Å². The van der Waals surface area contributed by atoms with E-state index in [-0.39, 0.29) is 17.8 Å². The SMILES string of the molecule is Cc1nn(Cc2ccccc2)c(C)c1CNC(=O)Cn1cnc2ccc(F)cc2c1=O. The molecule has 0 fully saturated rings. The van der Waals surface area contributed by atoms with Gasteiger partial charge in [0.05, 0.1) is 29.5 Å². The Bertz CT molecular complexity index is 1310. The Morgan fingerprint density at radius 1 is 1.13 bits per heavy atom. The van der Waals surface area contributed by atoms with Gasteiger partial charge in [0.25, 0.3) is 5.56 Å². The molecular formula is C23H22FN5O2. The number of benzene rings is 2. The second-order valence-corrected chi connectivity index (χ2v) is 7.41. The Labute approximate surface area is 178 Å². The number of fused-ring (bicyclic) bond motifs is 1. The molecule has 0 saturated heterocycles. The number of carbonyl (C=O) groups excluding carboxylic acids is 1. The van der Waals surface area contributed by atoms with Crippen LogP contribution in [-0.4, -0.2) is 25.2 Å². The van der Waals surface area contributed by atoms with E-state index in [0.29, 0.717) is 18.6 Å². The summed E-state index contributed by atoms with van der Waals surface area (Å²) in [6.07, 6.45) is 1.30. The quantitative estimate of drug-likeness (QED) is 0.521. The third kappa shape index (κ3) is 4.37. The van der Waals surface area contributed by atoms with E-state index in [1.807, 2.05) is 48.9 Å². The van der Waals surface area contributed by atoms with Crippen LogP contribution in [0.5, 0.6) is 0 Å². The molecule has 158 valence electrons. The number of halogens is 1. The molecular weight excluding hydrogens is 397 g/mol. The van der Waals surface area contributed by atoms with Gasteiger partial charge in [-0.3, -0.25) is 18.8 Å². The highest BCUT2D eigenvalue weighted by Crippen LogP contribution is 2.15. The second kappa shape index (κ2) is 8.51. The fourth-order valence-corrected chi connectivity index (χ4v) is 3.54. The molecule has 0 bridgehead atoms. The van der Waals surface area contributed by atoms with E-state index < -0.39 is 11.4 Å². The first-order valence-corrected chi connectivity index (χ1v) is 9.90. The molecule has 8 heteroatoms. The molecule has 0 radical (unpaired) electrons. The molecule has 1 amide bonds. The molecule has 4 aromatic rings. The van der Waals surface area contributed by atoms with Crippen LogP contribution in [0.3, 0.4) is 0 Å². The van der Waals surface area contributed by atoms with Crippen LogP contribution in [0, 0.1) is 19.7 Å². The minimum Gasteiger partial charge on any atom is -0.350 e. The van der Waals surface area contributed by atoms with Crippen molar-refractivity contribution in [1.82, 2.24) is 24.6 Å². The summed E-state index contributed by atoms with van der Waals surface area (Å²) in [5.41, 5.74) is 3.83. The lowest BCUT2D eigenvalue weighted by Gasteiger charge is -2.09. The van der Waals surface area contributed by atoms with Crippen molar-refractivity contribution in [3.05, 3.63) is 93.5 Å². The summed E-state index contributed by atoms with van der Waals surface area (Å²) in [7, 11) is 0. The van der Waals surface area contributed by atoms with Crippen LogP contribution >= 0.6 is 0 Å². The van der Waals surface area contributed by atoms with Gasteiger partial charge >= 0.3 is 0 Å². The number of nitrogens with one attached hydrogen (secondary N) is 1. The van der Waals surface area contributed by atoms with Crippen LogP contribution in [0.4, 0.5) is 4.39 Å². The zero-order valence-corrected chi connectivity index (χ0v) is 17.3. The highest BCUT2D eigenvalue weighted by atomic mass is 19.1. The molecule has 0 aliphatic heterocycles. The average Bonchev–Trinajstić information content (AvgIpc) is 3.02. The monoisotopic (exact) mass is 419 g/mol. The zero-order valence-electron chi connectivity index (χ0n) is 17.3. The van der Waals surface area contributed by atoms with Crippen molar-refractivity contribution in [2.45, 2.75) is 33.5 Å². The Morgan fingerprint density at radius 2 is 1.90 bits per heavy atom. The zero-order chi connectivity index (χ0) is 22.0. The summed E-state index contributed by atoms with van der Waals surface area (Å²) in [5.74, 6) is -0.860. The van der Waals surface area contributed by atoms with E-state index in [2.05, 4.69) is 15.4 Å². The van der Waals surface area contributed by atoms with Crippen LogP contribution in [-0.2, 0) is 24.4 Å². The van der Waals surface area contributed by atoms with Crippen molar-refractivity contribution in [1.29, 1.82) is 0 Å². The lowest BCUT2D eigenvalue weighted by molar-refractivity contribution is -0.121. The maximum absolute atomic E-state index is 13.5. The average molecular weight is 419 g/mol. The summed E-state index contributed by atoms with van der Waals surface area (Å²) in [6, 6.07) is 13.8. The highest BCUT2D eigenvalue weighted by molar-refractivity contribution is 5.79. The van der Waals surface area contributed by atoms with Gasteiger partial charge in [-0.2, -0.15) is 5.10 Å². The Kier molecular flexibility index (Phi) is 5.62. The molecule has 0 saturated carbocycles. The normalized spacial score (nSPS) is 11.1. The van der Waals surface area contributed by atoms with Gasteiger partial charge in [0.2, 0.25) is 5.91 Å². The van der Waals surface area contributed by atoms with Gasteiger partial charge < -0.3 is 5.32 Å². The molecule has 2 aromatic carbocycles.